The third-order valence-electron chi connectivity index (χ3n) is 4.62. The van der Waals surface area contributed by atoms with Crippen LogP contribution in [0.5, 0.6) is 0 Å². The van der Waals surface area contributed by atoms with E-state index in [9.17, 15) is 9.59 Å². The van der Waals surface area contributed by atoms with Crippen LogP contribution in [0.2, 0.25) is 0 Å². The fourth-order valence-corrected chi connectivity index (χ4v) is 3.35. The van der Waals surface area contributed by atoms with E-state index in [1.807, 2.05) is 36.4 Å². The number of carbonyl (C=O) groups excluding carboxylic acids is 2. The Hall–Kier alpha value is -3.99. The number of rotatable bonds is 4. The van der Waals surface area contributed by atoms with Crippen LogP contribution in [0.15, 0.2) is 84.0 Å². The lowest BCUT2D eigenvalue weighted by Gasteiger charge is -2.08. The predicted octanol–water partition coefficient (Wildman–Crippen LogP) is 4.72. The minimum Gasteiger partial charge on any atom is -0.326 e. The van der Waals surface area contributed by atoms with Gasteiger partial charge in [0.1, 0.15) is 0 Å². The minimum absolute atomic E-state index is 0.191. The Bertz CT molecular complexity index is 1210. The molecule has 5 nitrogen and oxygen atoms in total. The molecule has 0 atom stereocenters. The maximum absolute atomic E-state index is 12.5. The van der Waals surface area contributed by atoms with Gasteiger partial charge in [-0.25, -0.2) is 5.43 Å². The van der Waals surface area contributed by atoms with Gasteiger partial charge in [-0.2, -0.15) is 5.10 Å². The molecule has 4 rings (SSSR count). The van der Waals surface area contributed by atoms with Crippen LogP contribution < -0.4 is 10.7 Å². The number of benzene rings is 4. The topological polar surface area (TPSA) is 70.6 Å². The number of hydrazone groups is 1. The quantitative estimate of drug-likeness (QED) is 0.305. The summed E-state index contributed by atoms with van der Waals surface area (Å²) in [6.45, 7) is 1.42. The van der Waals surface area contributed by atoms with Gasteiger partial charge in [0.15, 0.2) is 0 Å². The van der Waals surface area contributed by atoms with Crippen molar-refractivity contribution in [3.8, 4) is 0 Å². The minimum atomic E-state index is -0.349. The molecule has 4 aromatic carbocycles. The van der Waals surface area contributed by atoms with Gasteiger partial charge in [0.2, 0.25) is 5.91 Å². The largest absolute Gasteiger partial charge is 0.326 e. The first kappa shape index (κ1) is 18.4. The predicted molar refractivity (Wildman–Crippen MR) is 117 cm³/mol. The molecule has 0 heterocycles. The fourth-order valence-electron chi connectivity index (χ4n) is 3.35. The SMILES string of the molecule is CC(=O)Nc1cccc(C(=O)N/N=C\c2c3ccccc3cc3ccccc23)c1. The van der Waals surface area contributed by atoms with Gasteiger partial charge in [-0.3, -0.25) is 9.59 Å². The van der Waals surface area contributed by atoms with Crippen LogP contribution in [0.4, 0.5) is 5.69 Å². The number of anilines is 1. The van der Waals surface area contributed by atoms with Crippen LogP contribution in [0.3, 0.4) is 0 Å². The molecule has 0 saturated carbocycles. The number of hydrogen-bond acceptors (Lipinski definition) is 3. The molecular weight excluding hydrogens is 362 g/mol. The number of amides is 2. The zero-order valence-corrected chi connectivity index (χ0v) is 15.8. The highest BCUT2D eigenvalue weighted by Gasteiger charge is 2.08. The van der Waals surface area contributed by atoms with E-state index in [1.54, 1.807) is 30.5 Å². The summed E-state index contributed by atoms with van der Waals surface area (Å²) in [6, 6.07) is 25.0. The van der Waals surface area contributed by atoms with Crippen LogP contribution in [0.1, 0.15) is 22.8 Å². The number of fused-ring (bicyclic) bond motifs is 2. The third kappa shape index (κ3) is 3.99. The van der Waals surface area contributed by atoms with E-state index in [0.29, 0.717) is 11.3 Å². The average molecular weight is 381 g/mol. The van der Waals surface area contributed by atoms with Gasteiger partial charge in [0.05, 0.1) is 6.21 Å². The van der Waals surface area contributed by atoms with Gasteiger partial charge in [-0.15, -0.1) is 0 Å². The molecule has 0 aliphatic heterocycles. The van der Waals surface area contributed by atoms with Crippen molar-refractivity contribution in [3.05, 3.63) is 90.0 Å². The van der Waals surface area contributed by atoms with Crippen molar-refractivity contribution in [3.63, 3.8) is 0 Å². The summed E-state index contributed by atoms with van der Waals surface area (Å²) in [6.07, 6.45) is 1.68. The van der Waals surface area contributed by atoms with E-state index in [2.05, 4.69) is 34.0 Å². The highest BCUT2D eigenvalue weighted by atomic mass is 16.2. The van der Waals surface area contributed by atoms with Gasteiger partial charge in [-0.1, -0.05) is 54.6 Å². The highest BCUT2D eigenvalue weighted by Crippen LogP contribution is 2.27. The van der Waals surface area contributed by atoms with Crippen molar-refractivity contribution in [2.75, 3.05) is 5.32 Å². The molecule has 29 heavy (non-hydrogen) atoms. The Morgan fingerprint density at radius 2 is 1.48 bits per heavy atom. The van der Waals surface area contributed by atoms with Gasteiger partial charge < -0.3 is 5.32 Å². The summed E-state index contributed by atoms with van der Waals surface area (Å²) in [7, 11) is 0. The molecule has 0 fully saturated rings. The molecule has 2 N–H and O–H groups in total. The first-order valence-corrected chi connectivity index (χ1v) is 9.23. The van der Waals surface area contributed by atoms with E-state index in [-0.39, 0.29) is 11.8 Å². The Morgan fingerprint density at radius 1 is 0.828 bits per heavy atom. The van der Waals surface area contributed by atoms with E-state index < -0.39 is 0 Å². The normalized spacial score (nSPS) is 11.1. The molecule has 0 aliphatic carbocycles. The molecule has 0 spiro atoms. The summed E-state index contributed by atoms with van der Waals surface area (Å²) >= 11 is 0. The van der Waals surface area contributed by atoms with Crippen LogP contribution in [-0.2, 0) is 4.79 Å². The lowest BCUT2D eigenvalue weighted by molar-refractivity contribution is -0.114. The van der Waals surface area contributed by atoms with Gasteiger partial charge in [0, 0.05) is 23.7 Å². The summed E-state index contributed by atoms with van der Waals surface area (Å²) in [5.41, 5.74) is 4.50. The fraction of sp³-hybridized carbons (Fsp3) is 0.0417. The van der Waals surface area contributed by atoms with Crippen molar-refractivity contribution >= 4 is 45.3 Å². The third-order valence-corrected chi connectivity index (χ3v) is 4.62. The summed E-state index contributed by atoms with van der Waals surface area (Å²) in [4.78, 5) is 23.7. The van der Waals surface area contributed by atoms with Crippen molar-refractivity contribution in [2.45, 2.75) is 6.92 Å². The number of carbonyl (C=O) groups is 2. The van der Waals surface area contributed by atoms with Gasteiger partial charge in [-0.05, 0) is 45.8 Å². The van der Waals surface area contributed by atoms with Crippen molar-refractivity contribution < 1.29 is 9.59 Å². The smallest absolute Gasteiger partial charge is 0.271 e. The maximum Gasteiger partial charge on any atom is 0.271 e. The number of nitrogens with zero attached hydrogens (tertiary/aromatic N) is 1. The molecule has 142 valence electrons. The van der Waals surface area contributed by atoms with Crippen LogP contribution >= 0.6 is 0 Å². The summed E-state index contributed by atoms with van der Waals surface area (Å²) in [5.74, 6) is -0.540. The molecule has 0 radical (unpaired) electrons. The Balaban J connectivity index is 1.63. The van der Waals surface area contributed by atoms with Gasteiger partial charge in [0.25, 0.3) is 5.91 Å². The Morgan fingerprint density at radius 3 is 2.14 bits per heavy atom. The molecule has 0 aliphatic rings. The van der Waals surface area contributed by atoms with Crippen molar-refractivity contribution in [1.82, 2.24) is 5.43 Å². The van der Waals surface area contributed by atoms with E-state index in [0.717, 1.165) is 27.1 Å². The molecule has 0 aromatic heterocycles. The van der Waals surface area contributed by atoms with E-state index in [1.165, 1.54) is 6.92 Å². The molecular formula is C24H19N3O2. The Labute approximate surface area is 168 Å². The summed E-state index contributed by atoms with van der Waals surface area (Å²) < 4.78 is 0. The first-order valence-electron chi connectivity index (χ1n) is 9.23. The molecule has 2 amide bonds. The van der Waals surface area contributed by atoms with Crippen LogP contribution in [-0.4, -0.2) is 18.0 Å². The zero-order valence-electron chi connectivity index (χ0n) is 15.8. The summed E-state index contributed by atoms with van der Waals surface area (Å²) in [5, 5.41) is 11.2. The second-order valence-corrected chi connectivity index (χ2v) is 6.69. The number of nitrogens with one attached hydrogen (secondary N) is 2. The lowest BCUT2D eigenvalue weighted by Crippen LogP contribution is -2.18. The lowest BCUT2D eigenvalue weighted by atomic mass is 9.97. The van der Waals surface area contributed by atoms with E-state index >= 15 is 0 Å². The Kier molecular flexibility index (Phi) is 5.03. The second kappa shape index (κ2) is 7.94. The van der Waals surface area contributed by atoms with E-state index in [4.69, 9.17) is 0 Å². The molecule has 0 saturated heterocycles. The molecule has 0 unspecified atom stereocenters. The molecule has 0 bridgehead atoms. The first-order chi connectivity index (χ1) is 14.1. The number of hydrogen-bond donors (Lipinski definition) is 2. The standard InChI is InChI=1S/C24H19N3O2/c1-16(28)26-20-10-6-9-19(14-20)24(29)27-25-15-23-21-11-4-2-7-17(21)13-18-8-3-5-12-22(18)23/h2-15H,1H3,(H,26,28)(H,27,29)/b25-15-. The van der Waals surface area contributed by atoms with Crippen molar-refractivity contribution in [1.29, 1.82) is 0 Å². The second-order valence-electron chi connectivity index (χ2n) is 6.69. The van der Waals surface area contributed by atoms with Gasteiger partial charge >= 0.3 is 0 Å². The van der Waals surface area contributed by atoms with Crippen LogP contribution in [0, 0.1) is 0 Å². The zero-order chi connectivity index (χ0) is 20.2. The highest BCUT2D eigenvalue weighted by molar-refractivity contribution is 6.13. The van der Waals surface area contributed by atoms with Crippen molar-refractivity contribution in [2.24, 2.45) is 5.10 Å². The molecule has 5 heteroatoms. The maximum atomic E-state index is 12.5. The average Bonchev–Trinajstić information content (AvgIpc) is 2.73. The molecule has 4 aromatic rings. The van der Waals surface area contributed by atoms with Crippen LogP contribution in [0.25, 0.3) is 21.5 Å². The monoisotopic (exact) mass is 381 g/mol.